The topological polar surface area (TPSA) is 60.5 Å². The van der Waals surface area contributed by atoms with Gasteiger partial charge in [-0.25, -0.2) is 0 Å². The predicted octanol–water partition coefficient (Wildman–Crippen LogP) is 3.27. The second kappa shape index (κ2) is 7.36. The van der Waals surface area contributed by atoms with Gasteiger partial charge in [-0.3, -0.25) is 9.78 Å². The Hall–Kier alpha value is -2.56. The van der Waals surface area contributed by atoms with E-state index in [1.807, 2.05) is 43.3 Å². The van der Waals surface area contributed by atoms with Crippen LogP contribution in [0.3, 0.4) is 0 Å². The summed E-state index contributed by atoms with van der Waals surface area (Å²) in [6.07, 6.45) is 1.78. The molecule has 2 heterocycles. The Morgan fingerprint density at radius 2 is 2.08 bits per heavy atom. The number of hydrogen-bond donors (Lipinski definition) is 1. The summed E-state index contributed by atoms with van der Waals surface area (Å²) in [6, 6.07) is 11.6. The van der Waals surface area contributed by atoms with Crippen molar-refractivity contribution in [1.82, 2.24) is 10.3 Å². The lowest BCUT2D eigenvalue weighted by Gasteiger charge is -2.28. The maximum atomic E-state index is 12.5. The van der Waals surface area contributed by atoms with Crippen LogP contribution in [0.5, 0.6) is 11.5 Å². The largest absolute Gasteiger partial charge is 0.485 e. The van der Waals surface area contributed by atoms with Crippen LogP contribution in [0.1, 0.15) is 39.0 Å². The fourth-order valence-electron chi connectivity index (χ4n) is 2.89. The molecule has 26 heavy (non-hydrogen) atoms. The van der Waals surface area contributed by atoms with E-state index >= 15 is 0 Å². The number of amides is 1. The lowest BCUT2D eigenvalue weighted by Crippen LogP contribution is -2.47. The maximum absolute atomic E-state index is 12.5. The number of benzene rings is 1. The molecule has 2 atom stereocenters. The van der Waals surface area contributed by atoms with Gasteiger partial charge >= 0.3 is 0 Å². The summed E-state index contributed by atoms with van der Waals surface area (Å²) >= 11 is 0. The summed E-state index contributed by atoms with van der Waals surface area (Å²) in [7, 11) is 0. The Bertz CT molecular complexity index is 769. The number of hydrogen-bond acceptors (Lipinski definition) is 4. The number of aromatic nitrogens is 1. The molecule has 0 fully saturated rings. The molecular formula is C21H26N2O3. The van der Waals surface area contributed by atoms with E-state index in [9.17, 15) is 4.79 Å². The molecule has 3 rings (SSSR count). The zero-order chi connectivity index (χ0) is 18.7. The first-order chi connectivity index (χ1) is 12.3. The van der Waals surface area contributed by atoms with Crippen LogP contribution in [0, 0.1) is 0 Å². The van der Waals surface area contributed by atoms with Crippen LogP contribution in [0.25, 0.3) is 0 Å². The van der Waals surface area contributed by atoms with Crippen LogP contribution in [-0.4, -0.2) is 29.6 Å². The zero-order valence-electron chi connectivity index (χ0n) is 15.8. The molecule has 2 aromatic rings. The number of carbonyl (C=O) groups excluding carboxylic acids is 1. The number of fused-ring (bicyclic) bond motifs is 1. The Morgan fingerprint density at radius 3 is 2.77 bits per heavy atom. The molecule has 1 N–H and O–H groups in total. The summed E-state index contributed by atoms with van der Waals surface area (Å²) in [4.78, 5) is 16.8. The summed E-state index contributed by atoms with van der Waals surface area (Å²) in [6.45, 7) is 8.62. The van der Waals surface area contributed by atoms with Gasteiger partial charge in [0, 0.05) is 24.4 Å². The van der Waals surface area contributed by atoms with Crippen molar-refractivity contribution in [1.29, 1.82) is 0 Å². The monoisotopic (exact) mass is 354 g/mol. The minimum Gasteiger partial charge on any atom is -0.485 e. The first kappa shape index (κ1) is 18.2. The van der Waals surface area contributed by atoms with Gasteiger partial charge in [-0.1, -0.05) is 32.9 Å². The molecule has 1 aromatic carbocycles. The Kier molecular flexibility index (Phi) is 5.16. The quantitative estimate of drug-likeness (QED) is 0.915. The zero-order valence-corrected chi connectivity index (χ0v) is 15.8. The van der Waals surface area contributed by atoms with Crippen LogP contribution < -0.4 is 14.8 Å². The van der Waals surface area contributed by atoms with E-state index in [1.54, 1.807) is 6.20 Å². The molecule has 5 heteroatoms. The summed E-state index contributed by atoms with van der Waals surface area (Å²) in [5.74, 6) is 1.14. The van der Waals surface area contributed by atoms with E-state index < -0.39 is 6.10 Å². The van der Waals surface area contributed by atoms with Crippen LogP contribution >= 0.6 is 0 Å². The van der Waals surface area contributed by atoms with Gasteiger partial charge in [0.2, 0.25) is 6.10 Å². The summed E-state index contributed by atoms with van der Waals surface area (Å²) in [5.41, 5.74) is 2.15. The van der Waals surface area contributed by atoms with Gasteiger partial charge in [-0.2, -0.15) is 0 Å². The van der Waals surface area contributed by atoms with E-state index in [1.165, 1.54) is 5.56 Å². The van der Waals surface area contributed by atoms with Crippen LogP contribution in [0.15, 0.2) is 42.6 Å². The molecule has 0 aliphatic carbocycles. The molecule has 0 saturated carbocycles. The molecule has 5 nitrogen and oxygen atoms in total. The molecule has 138 valence electrons. The van der Waals surface area contributed by atoms with Gasteiger partial charge in [-0.15, -0.1) is 0 Å². The maximum Gasteiger partial charge on any atom is 0.264 e. The number of rotatable bonds is 4. The SMILES string of the molecule is CC(Cc1ccccn1)NC(=O)C1COc2cc(C(C)(C)C)ccc2O1. The smallest absolute Gasteiger partial charge is 0.264 e. The van der Waals surface area contributed by atoms with E-state index in [0.717, 1.165) is 5.69 Å². The van der Waals surface area contributed by atoms with Crippen molar-refractivity contribution in [2.75, 3.05) is 6.61 Å². The molecule has 0 bridgehead atoms. The third-order valence-corrected chi connectivity index (χ3v) is 4.39. The second-order valence-electron chi connectivity index (χ2n) is 7.76. The molecule has 2 unspecified atom stereocenters. The van der Waals surface area contributed by atoms with Crippen molar-refractivity contribution in [2.45, 2.75) is 51.7 Å². The normalized spacial score (nSPS) is 17.5. The summed E-state index contributed by atoms with van der Waals surface area (Å²) in [5, 5.41) is 2.98. The van der Waals surface area contributed by atoms with Crippen molar-refractivity contribution in [3.63, 3.8) is 0 Å². The van der Waals surface area contributed by atoms with Crippen molar-refractivity contribution in [3.8, 4) is 11.5 Å². The second-order valence-corrected chi connectivity index (χ2v) is 7.76. The third kappa shape index (κ3) is 4.34. The van der Waals surface area contributed by atoms with Gasteiger partial charge in [0.05, 0.1) is 0 Å². The fourth-order valence-corrected chi connectivity index (χ4v) is 2.89. The number of nitrogens with zero attached hydrogens (tertiary/aromatic N) is 1. The Morgan fingerprint density at radius 1 is 1.27 bits per heavy atom. The van der Waals surface area contributed by atoms with Gasteiger partial charge in [-0.05, 0) is 42.2 Å². The van der Waals surface area contributed by atoms with Gasteiger partial charge in [0.1, 0.15) is 6.61 Å². The summed E-state index contributed by atoms with van der Waals surface area (Å²) < 4.78 is 11.7. The minimum atomic E-state index is -0.644. The number of carbonyl (C=O) groups is 1. The first-order valence-electron chi connectivity index (χ1n) is 8.97. The minimum absolute atomic E-state index is 0.0352. The van der Waals surface area contributed by atoms with E-state index in [4.69, 9.17) is 9.47 Å². The number of pyridine rings is 1. The molecule has 1 aromatic heterocycles. The lowest BCUT2D eigenvalue weighted by atomic mass is 9.87. The molecule has 1 aliphatic rings. The molecular weight excluding hydrogens is 328 g/mol. The van der Waals surface area contributed by atoms with Crippen LogP contribution in [-0.2, 0) is 16.6 Å². The van der Waals surface area contributed by atoms with Gasteiger partial charge in [0.25, 0.3) is 5.91 Å². The first-order valence-corrected chi connectivity index (χ1v) is 8.97. The highest BCUT2D eigenvalue weighted by Gasteiger charge is 2.29. The molecule has 1 aliphatic heterocycles. The molecule has 0 saturated heterocycles. The lowest BCUT2D eigenvalue weighted by molar-refractivity contribution is -0.131. The number of ether oxygens (including phenoxy) is 2. The van der Waals surface area contributed by atoms with E-state index in [2.05, 4.69) is 31.1 Å². The standard InChI is InChI=1S/C21H26N2O3/c1-14(11-16-7-5-6-10-22-16)23-20(24)19-13-25-18-12-15(21(2,3)4)8-9-17(18)26-19/h5-10,12,14,19H,11,13H2,1-4H3,(H,23,24). The van der Waals surface area contributed by atoms with Crippen LogP contribution in [0.4, 0.5) is 0 Å². The van der Waals surface area contributed by atoms with E-state index in [-0.39, 0.29) is 24.0 Å². The fraction of sp³-hybridized carbons (Fsp3) is 0.429. The molecule has 1 amide bonds. The van der Waals surface area contributed by atoms with Crippen molar-refractivity contribution < 1.29 is 14.3 Å². The average molecular weight is 354 g/mol. The average Bonchev–Trinajstić information content (AvgIpc) is 2.60. The van der Waals surface area contributed by atoms with Gasteiger partial charge in [0.15, 0.2) is 11.5 Å². The van der Waals surface area contributed by atoms with Crippen molar-refractivity contribution in [2.24, 2.45) is 0 Å². The van der Waals surface area contributed by atoms with Crippen molar-refractivity contribution in [3.05, 3.63) is 53.9 Å². The van der Waals surface area contributed by atoms with Gasteiger partial charge < -0.3 is 14.8 Å². The highest BCUT2D eigenvalue weighted by molar-refractivity contribution is 5.82. The highest BCUT2D eigenvalue weighted by atomic mass is 16.6. The Labute approximate surface area is 154 Å². The van der Waals surface area contributed by atoms with E-state index in [0.29, 0.717) is 17.9 Å². The van der Waals surface area contributed by atoms with Crippen LogP contribution in [0.2, 0.25) is 0 Å². The predicted molar refractivity (Wildman–Crippen MR) is 101 cm³/mol. The highest BCUT2D eigenvalue weighted by Crippen LogP contribution is 2.36. The van der Waals surface area contributed by atoms with Crippen molar-refractivity contribution >= 4 is 5.91 Å². The number of nitrogens with one attached hydrogen (secondary N) is 1. The molecule has 0 radical (unpaired) electrons. The Balaban J connectivity index is 1.60. The molecule has 0 spiro atoms. The third-order valence-electron chi connectivity index (χ3n) is 4.39.